The van der Waals surface area contributed by atoms with Crippen LogP contribution < -0.4 is 5.32 Å². The van der Waals surface area contributed by atoms with Crippen LogP contribution in [0, 0.1) is 13.8 Å². The first kappa shape index (κ1) is 12.6. The molecule has 0 amide bonds. The molecule has 17 heavy (non-hydrogen) atoms. The van der Waals surface area contributed by atoms with Gasteiger partial charge in [-0.15, -0.1) is 11.3 Å². The van der Waals surface area contributed by atoms with Crippen molar-refractivity contribution in [3.63, 3.8) is 0 Å². The Morgan fingerprint density at radius 2 is 2.18 bits per heavy atom. The lowest BCUT2D eigenvalue weighted by Crippen LogP contribution is -2.05. The van der Waals surface area contributed by atoms with Gasteiger partial charge in [0.1, 0.15) is 17.0 Å². The van der Waals surface area contributed by atoms with Crippen LogP contribution in [-0.2, 0) is 0 Å². The third-order valence-corrected chi connectivity index (χ3v) is 4.60. The minimum Gasteiger partial charge on any atom is -0.369 e. The van der Waals surface area contributed by atoms with Gasteiger partial charge in [0.15, 0.2) is 0 Å². The van der Waals surface area contributed by atoms with Crippen molar-refractivity contribution in [2.45, 2.75) is 20.3 Å². The zero-order chi connectivity index (χ0) is 12.3. The van der Waals surface area contributed by atoms with Crippen molar-refractivity contribution in [3.05, 3.63) is 16.8 Å². The number of fused-ring (bicyclic) bond motifs is 1. The zero-order valence-corrected chi connectivity index (χ0v) is 12.0. The molecule has 0 aliphatic rings. The van der Waals surface area contributed by atoms with E-state index in [-0.39, 0.29) is 0 Å². The molecule has 0 fully saturated rings. The molecule has 2 heterocycles. The van der Waals surface area contributed by atoms with Gasteiger partial charge in [0, 0.05) is 11.4 Å². The maximum atomic E-state index is 4.36. The van der Waals surface area contributed by atoms with Crippen molar-refractivity contribution in [2.24, 2.45) is 0 Å². The number of aromatic nitrogens is 2. The Morgan fingerprint density at radius 1 is 1.35 bits per heavy atom. The van der Waals surface area contributed by atoms with Gasteiger partial charge in [0.05, 0.1) is 5.39 Å². The number of thiophene rings is 1. The molecule has 0 unspecified atom stereocenters. The van der Waals surface area contributed by atoms with E-state index in [0.29, 0.717) is 0 Å². The Hall–Kier alpha value is -0.810. The van der Waals surface area contributed by atoms with Gasteiger partial charge in [0.25, 0.3) is 0 Å². The highest BCUT2D eigenvalue weighted by Crippen LogP contribution is 2.32. The van der Waals surface area contributed by atoms with E-state index in [1.807, 2.05) is 11.8 Å². The third-order valence-electron chi connectivity index (χ3n) is 2.78. The number of thioether (sulfide) groups is 1. The van der Waals surface area contributed by atoms with E-state index in [2.05, 4.69) is 35.4 Å². The molecule has 2 rings (SSSR count). The van der Waals surface area contributed by atoms with Crippen molar-refractivity contribution in [3.8, 4) is 0 Å². The predicted octanol–water partition coefficient (Wildman–Crippen LogP) is 3.47. The lowest BCUT2D eigenvalue weighted by atomic mass is 10.2. The molecule has 0 aliphatic heterocycles. The molecule has 0 spiro atoms. The molecule has 0 atom stereocenters. The summed E-state index contributed by atoms with van der Waals surface area (Å²) >= 11 is 3.62. The quantitative estimate of drug-likeness (QED) is 0.842. The largest absolute Gasteiger partial charge is 0.369 e. The van der Waals surface area contributed by atoms with E-state index >= 15 is 0 Å². The summed E-state index contributed by atoms with van der Waals surface area (Å²) in [6.07, 6.45) is 4.94. The van der Waals surface area contributed by atoms with Gasteiger partial charge in [-0.1, -0.05) is 0 Å². The first-order chi connectivity index (χ1) is 8.24. The molecular formula is C12H17N3S2. The van der Waals surface area contributed by atoms with Crippen molar-refractivity contribution in [2.75, 3.05) is 23.9 Å². The molecule has 0 aromatic carbocycles. The standard InChI is InChI=1S/C12H17N3S2/c1-8-9(2)17-12-10(8)11(14-7-15-12)13-5-4-6-16-3/h7H,4-6H2,1-3H3,(H,13,14,15). The number of hydrogen-bond donors (Lipinski definition) is 1. The molecule has 2 aromatic heterocycles. The van der Waals surface area contributed by atoms with Gasteiger partial charge < -0.3 is 5.32 Å². The Kier molecular flexibility index (Phi) is 4.23. The fourth-order valence-electron chi connectivity index (χ4n) is 1.74. The summed E-state index contributed by atoms with van der Waals surface area (Å²) in [6.45, 7) is 5.26. The second-order valence-electron chi connectivity index (χ2n) is 3.96. The minimum absolute atomic E-state index is 0.973. The van der Waals surface area contributed by atoms with E-state index in [1.165, 1.54) is 21.6 Å². The molecule has 0 aliphatic carbocycles. The Balaban J connectivity index is 2.21. The minimum atomic E-state index is 0.973. The number of rotatable bonds is 5. The van der Waals surface area contributed by atoms with Crippen LogP contribution >= 0.6 is 23.1 Å². The summed E-state index contributed by atoms with van der Waals surface area (Å²) in [6, 6.07) is 0. The Bertz CT molecular complexity index is 508. The zero-order valence-electron chi connectivity index (χ0n) is 10.4. The summed E-state index contributed by atoms with van der Waals surface area (Å²) in [5.41, 5.74) is 1.30. The summed E-state index contributed by atoms with van der Waals surface area (Å²) < 4.78 is 0. The van der Waals surface area contributed by atoms with Crippen LogP contribution in [0.5, 0.6) is 0 Å². The highest BCUT2D eigenvalue weighted by molar-refractivity contribution is 7.98. The van der Waals surface area contributed by atoms with Crippen molar-refractivity contribution in [1.82, 2.24) is 9.97 Å². The Labute approximate surface area is 110 Å². The average molecular weight is 267 g/mol. The monoisotopic (exact) mass is 267 g/mol. The second kappa shape index (κ2) is 5.69. The molecule has 92 valence electrons. The molecule has 3 nitrogen and oxygen atoms in total. The van der Waals surface area contributed by atoms with Crippen LogP contribution in [0.3, 0.4) is 0 Å². The number of nitrogens with zero attached hydrogens (tertiary/aromatic N) is 2. The van der Waals surface area contributed by atoms with Gasteiger partial charge in [-0.05, 0) is 37.8 Å². The number of nitrogens with one attached hydrogen (secondary N) is 1. The summed E-state index contributed by atoms with van der Waals surface area (Å²) in [4.78, 5) is 11.1. The molecule has 0 saturated heterocycles. The SMILES string of the molecule is CSCCCNc1ncnc2sc(C)c(C)c12. The predicted molar refractivity (Wildman–Crippen MR) is 78.4 cm³/mol. The summed E-state index contributed by atoms with van der Waals surface area (Å²) in [5, 5.41) is 4.61. The second-order valence-corrected chi connectivity index (χ2v) is 6.15. The van der Waals surface area contributed by atoms with Gasteiger partial charge in [-0.2, -0.15) is 11.8 Å². The lowest BCUT2D eigenvalue weighted by Gasteiger charge is -2.06. The van der Waals surface area contributed by atoms with Crippen LogP contribution in [0.15, 0.2) is 6.33 Å². The molecule has 0 saturated carbocycles. The molecule has 2 aromatic rings. The van der Waals surface area contributed by atoms with Crippen LogP contribution in [0.2, 0.25) is 0 Å². The summed E-state index contributed by atoms with van der Waals surface area (Å²) in [7, 11) is 0. The van der Waals surface area contributed by atoms with Crippen molar-refractivity contribution < 1.29 is 0 Å². The fraction of sp³-hybridized carbons (Fsp3) is 0.500. The topological polar surface area (TPSA) is 37.8 Å². The molecular weight excluding hydrogens is 250 g/mol. The van der Waals surface area contributed by atoms with E-state index < -0.39 is 0 Å². The van der Waals surface area contributed by atoms with Crippen LogP contribution in [0.25, 0.3) is 10.2 Å². The van der Waals surface area contributed by atoms with Gasteiger partial charge in [-0.25, -0.2) is 9.97 Å². The van der Waals surface area contributed by atoms with E-state index in [0.717, 1.165) is 23.6 Å². The highest BCUT2D eigenvalue weighted by atomic mass is 32.2. The number of aryl methyl sites for hydroxylation is 2. The first-order valence-corrected chi connectivity index (χ1v) is 7.88. The van der Waals surface area contributed by atoms with E-state index in [1.54, 1.807) is 17.7 Å². The third kappa shape index (κ3) is 2.72. The number of hydrogen-bond acceptors (Lipinski definition) is 5. The lowest BCUT2D eigenvalue weighted by molar-refractivity contribution is 0.982. The molecule has 5 heteroatoms. The van der Waals surface area contributed by atoms with Crippen molar-refractivity contribution in [1.29, 1.82) is 0 Å². The highest BCUT2D eigenvalue weighted by Gasteiger charge is 2.10. The van der Waals surface area contributed by atoms with E-state index in [9.17, 15) is 0 Å². The normalized spacial score (nSPS) is 11.0. The summed E-state index contributed by atoms with van der Waals surface area (Å²) in [5.74, 6) is 2.17. The maximum absolute atomic E-state index is 4.36. The maximum Gasteiger partial charge on any atom is 0.138 e. The Morgan fingerprint density at radius 3 is 2.94 bits per heavy atom. The van der Waals surface area contributed by atoms with Gasteiger partial charge in [0.2, 0.25) is 0 Å². The van der Waals surface area contributed by atoms with Crippen LogP contribution in [0.4, 0.5) is 5.82 Å². The van der Waals surface area contributed by atoms with Crippen LogP contribution in [0.1, 0.15) is 16.9 Å². The number of anilines is 1. The first-order valence-electron chi connectivity index (χ1n) is 5.67. The average Bonchev–Trinajstić information content (AvgIpc) is 2.62. The molecule has 0 bridgehead atoms. The van der Waals surface area contributed by atoms with Crippen molar-refractivity contribution >= 4 is 39.1 Å². The molecule has 1 N–H and O–H groups in total. The van der Waals surface area contributed by atoms with E-state index in [4.69, 9.17) is 0 Å². The smallest absolute Gasteiger partial charge is 0.138 e. The molecule has 0 radical (unpaired) electrons. The fourth-order valence-corrected chi connectivity index (χ4v) is 3.17. The van der Waals surface area contributed by atoms with Crippen LogP contribution in [-0.4, -0.2) is 28.5 Å². The van der Waals surface area contributed by atoms with Gasteiger partial charge in [-0.3, -0.25) is 0 Å². The van der Waals surface area contributed by atoms with Gasteiger partial charge >= 0.3 is 0 Å².